The minimum atomic E-state index is -0.481. The molecule has 0 aromatic heterocycles. The van der Waals surface area contributed by atoms with Gasteiger partial charge in [-0.2, -0.15) is 0 Å². The maximum Gasteiger partial charge on any atom is 0.320 e. The van der Waals surface area contributed by atoms with Gasteiger partial charge >= 0.3 is 6.03 Å². The largest absolute Gasteiger partial charge is 0.320 e. The van der Waals surface area contributed by atoms with Crippen molar-refractivity contribution in [3.05, 3.63) is 65.2 Å². The van der Waals surface area contributed by atoms with Gasteiger partial charge in [0.05, 0.1) is 11.1 Å². The molecule has 0 fully saturated rings. The Labute approximate surface area is 133 Å². The van der Waals surface area contributed by atoms with Crippen molar-refractivity contribution in [3.63, 3.8) is 0 Å². The van der Waals surface area contributed by atoms with Crippen molar-refractivity contribution in [3.8, 4) is 0 Å². The van der Waals surface area contributed by atoms with E-state index in [-0.39, 0.29) is 6.67 Å². The average Bonchev–Trinajstić information content (AvgIpc) is 2.80. The molecule has 4 amide bonds. The Morgan fingerprint density at radius 2 is 1.52 bits per heavy atom. The van der Waals surface area contributed by atoms with Crippen LogP contribution in [0.25, 0.3) is 0 Å². The van der Waals surface area contributed by atoms with Crippen molar-refractivity contribution in [1.29, 1.82) is 0 Å². The zero-order valence-corrected chi connectivity index (χ0v) is 12.5. The molecule has 2 aromatic rings. The lowest BCUT2D eigenvalue weighted by molar-refractivity contribution is 0.0648. The van der Waals surface area contributed by atoms with Gasteiger partial charge in [0, 0.05) is 5.69 Å². The molecule has 6 heteroatoms. The van der Waals surface area contributed by atoms with Crippen molar-refractivity contribution >= 4 is 23.5 Å². The maximum absolute atomic E-state index is 12.1. The Kier molecular flexibility index (Phi) is 3.80. The van der Waals surface area contributed by atoms with Crippen LogP contribution < -0.4 is 10.6 Å². The van der Waals surface area contributed by atoms with Crippen molar-refractivity contribution in [2.45, 2.75) is 6.92 Å². The van der Waals surface area contributed by atoms with Crippen molar-refractivity contribution < 1.29 is 14.4 Å². The zero-order valence-electron chi connectivity index (χ0n) is 12.5. The van der Waals surface area contributed by atoms with Crippen LogP contribution in [0, 0.1) is 6.92 Å². The summed E-state index contributed by atoms with van der Waals surface area (Å²) in [7, 11) is 0. The summed E-state index contributed by atoms with van der Waals surface area (Å²) in [4.78, 5) is 37.2. The number of amides is 4. The molecule has 6 nitrogen and oxygen atoms in total. The quantitative estimate of drug-likeness (QED) is 0.854. The first kappa shape index (κ1) is 14.8. The summed E-state index contributed by atoms with van der Waals surface area (Å²) in [6.07, 6.45) is 0. The van der Waals surface area contributed by atoms with Crippen LogP contribution in [-0.4, -0.2) is 29.4 Å². The second-order valence-corrected chi connectivity index (χ2v) is 5.24. The van der Waals surface area contributed by atoms with E-state index in [0.29, 0.717) is 16.8 Å². The van der Waals surface area contributed by atoms with E-state index in [2.05, 4.69) is 10.6 Å². The second kappa shape index (κ2) is 5.92. The van der Waals surface area contributed by atoms with Gasteiger partial charge < -0.3 is 10.6 Å². The number of benzene rings is 2. The van der Waals surface area contributed by atoms with Crippen LogP contribution in [0.2, 0.25) is 0 Å². The summed E-state index contributed by atoms with van der Waals surface area (Å²) in [6.45, 7) is 1.77. The first-order chi connectivity index (χ1) is 11.1. The van der Waals surface area contributed by atoms with E-state index >= 15 is 0 Å². The molecule has 0 saturated heterocycles. The van der Waals surface area contributed by atoms with E-state index in [0.717, 1.165) is 10.5 Å². The minimum Gasteiger partial charge on any atom is -0.320 e. The van der Waals surface area contributed by atoms with Gasteiger partial charge in [0.15, 0.2) is 0 Å². The maximum atomic E-state index is 12.1. The van der Waals surface area contributed by atoms with Crippen molar-refractivity contribution in [2.24, 2.45) is 0 Å². The molecule has 0 aliphatic carbocycles. The van der Waals surface area contributed by atoms with E-state index in [4.69, 9.17) is 0 Å². The SMILES string of the molecule is Cc1ccc(NC(=O)NCN2C(=O)c3ccccc3C2=O)cc1. The van der Waals surface area contributed by atoms with E-state index in [1.54, 1.807) is 36.4 Å². The van der Waals surface area contributed by atoms with Gasteiger partial charge in [-0.1, -0.05) is 29.8 Å². The Morgan fingerprint density at radius 1 is 0.957 bits per heavy atom. The number of carbonyl (C=O) groups is 3. The third-order valence-corrected chi connectivity index (χ3v) is 3.59. The van der Waals surface area contributed by atoms with Gasteiger partial charge in [-0.05, 0) is 31.2 Å². The molecule has 2 N–H and O–H groups in total. The highest BCUT2D eigenvalue weighted by atomic mass is 16.2. The van der Waals surface area contributed by atoms with Crippen LogP contribution in [0.5, 0.6) is 0 Å². The third kappa shape index (κ3) is 2.91. The van der Waals surface area contributed by atoms with Gasteiger partial charge in [0.1, 0.15) is 6.67 Å². The lowest BCUT2D eigenvalue weighted by Gasteiger charge is -2.15. The smallest absolute Gasteiger partial charge is 0.320 e. The summed E-state index contributed by atoms with van der Waals surface area (Å²) >= 11 is 0. The number of fused-ring (bicyclic) bond motifs is 1. The molecule has 0 spiro atoms. The molecule has 0 saturated carbocycles. The van der Waals surface area contributed by atoms with Crippen LogP contribution in [0.4, 0.5) is 10.5 Å². The lowest BCUT2D eigenvalue weighted by Crippen LogP contribution is -2.42. The number of anilines is 1. The zero-order chi connectivity index (χ0) is 16.4. The predicted octanol–water partition coefficient (Wildman–Crippen LogP) is 2.37. The monoisotopic (exact) mass is 309 g/mol. The molecular weight excluding hydrogens is 294 g/mol. The summed E-state index contributed by atoms with van der Waals surface area (Å²) in [5.41, 5.74) is 2.44. The first-order valence-corrected chi connectivity index (χ1v) is 7.13. The topological polar surface area (TPSA) is 78.5 Å². The number of nitrogens with zero attached hydrogens (tertiary/aromatic N) is 1. The molecule has 0 atom stereocenters. The van der Waals surface area contributed by atoms with Crippen molar-refractivity contribution in [1.82, 2.24) is 10.2 Å². The number of rotatable bonds is 3. The molecule has 0 bridgehead atoms. The molecule has 116 valence electrons. The number of hydrogen-bond donors (Lipinski definition) is 2. The van der Waals surface area contributed by atoms with Crippen molar-refractivity contribution in [2.75, 3.05) is 12.0 Å². The van der Waals surface area contributed by atoms with Crippen LogP contribution in [0.15, 0.2) is 48.5 Å². The Balaban J connectivity index is 1.61. The van der Waals surface area contributed by atoms with Gasteiger partial charge in [-0.15, -0.1) is 0 Å². The minimum absolute atomic E-state index is 0.177. The Morgan fingerprint density at radius 3 is 2.09 bits per heavy atom. The highest BCUT2D eigenvalue weighted by Crippen LogP contribution is 2.21. The third-order valence-electron chi connectivity index (χ3n) is 3.59. The molecule has 1 aliphatic rings. The fourth-order valence-corrected chi connectivity index (χ4v) is 2.35. The summed E-state index contributed by atoms with van der Waals surface area (Å²) in [6, 6.07) is 13.4. The van der Waals surface area contributed by atoms with Gasteiger partial charge in [-0.3, -0.25) is 14.5 Å². The number of urea groups is 1. The molecule has 1 aliphatic heterocycles. The van der Waals surface area contributed by atoms with E-state index in [9.17, 15) is 14.4 Å². The number of nitrogens with one attached hydrogen (secondary N) is 2. The molecule has 2 aromatic carbocycles. The number of aryl methyl sites for hydroxylation is 1. The molecule has 1 heterocycles. The number of hydrogen-bond acceptors (Lipinski definition) is 3. The summed E-state index contributed by atoms with van der Waals surface area (Å²) in [5, 5.41) is 5.16. The van der Waals surface area contributed by atoms with Gasteiger partial charge in [0.2, 0.25) is 0 Å². The van der Waals surface area contributed by atoms with E-state index in [1.807, 2.05) is 19.1 Å². The average molecular weight is 309 g/mol. The molecule has 3 rings (SSSR count). The Bertz CT molecular complexity index is 749. The molecule has 0 unspecified atom stereocenters. The second-order valence-electron chi connectivity index (χ2n) is 5.24. The number of carbonyl (C=O) groups excluding carboxylic acids is 3. The van der Waals surface area contributed by atoms with Crippen LogP contribution >= 0.6 is 0 Å². The van der Waals surface area contributed by atoms with E-state index in [1.165, 1.54) is 0 Å². The highest BCUT2D eigenvalue weighted by Gasteiger charge is 2.34. The highest BCUT2D eigenvalue weighted by molar-refractivity contribution is 6.21. The summed E-state index contributed by atoms with van der Waals surface area (Å²) in [5.74, 6) is -0.803. The van der Waals surface area contributed by atoms with Crippen LogP contribution in [0.1, 0.15) is 26.3 Å². The standard InChI is InChI=1S/C17H15N3O3/c1-11-6-8-12(9-7-11)19-17(23)18-10-20-15(21)13-4-2-3-5-14(13)16(20)22/h2-9H,10H2,1H3,(H2,18,19,23). The van der Waals surface area contributed by atoms with Crippen LogP contribution in [0.3, 0.4) is 0 Å². The van der Waals surface area contributed by atoms with E-state index < -0.39 is 17.8 Å². The van der Waals surface area contributed by atoms with Gasteiger partial charge in [-0.25, -0.2) is 4.79 Å². The normalized spacial score (nSPS) is 13.0. The Hall–Kier alpha value is -3.15. The van der Waals surface area contributed by atoms with Gasteiger partial charge in [0.25, 0.3) is 11.8 Å². The summed E-state index contributed by atoms with van der Waals surface area (Å²) < 4.78 is 0. The lowest BCUT2D eigenvalue weighted by atomic mass is 10.1. The fraction of sp³-hybridized carbons (Fsp3) is 0.118. The molecular formula is C17H15N3O3. The molecule has 0 radical (unpaired) electrons. The number of imide groups is 1. The molecule has 23 heavy (non-hydrogen) atoms. The fourth-order valence-electron chi connectivity index (χ4n) is 2.35. The van der Waals surface area contributed by atoms with Crippen LogP contribution in [-0.2, 0) is 0 Å². The first-order valence-electron chi connectivity index (χ1n) is 7.13. The predicted molar refractivity (Wildman–Crippen MR) is 85.1 cm³/mol.